The van der Waals surface area contributed by atoms with Gasteiger partial charge in [-0.3, -0.25) is 0 Å². The predicted molar refractivity (Wildman–Crippen MR) is 63.6 cm³/mol. The first-order chi connectivity index (χ1) is 7.70. The summed E-state index contributed by atoms with van der Waals surface area (Å²) in [5, 5.41) is 0. The number of aromatic nitrogens is 2. The van der Waals surface area contributed by atoms with Gasteiger partial charge in [-0.25, -0.2) is 9.97 Å². The third-order valence-corrected chi connectivity index (χ3v) is 3.28. The Bertz CT molecular complexity index is 356. The Balaban J connectivity index is 2.11. The summed E-state index contributed by atoms with van der Waals surface area (Å²) in [5.41, 5.74) is 0. The Kier molecular flexibility index (Phi) is 3.39. The molecule has 16 heavy (non-hydrogen) atoms. The van der Waals surface area contributed by atoms with Gasteiger partial charge in [-0.2, -0.15) is 0 Å². The number of hydrogen-bond donors (Lipinski definition) is 0. The minimum Gasteiger partial charge on any atom is -0.379 e. The molecule has 0 amide bonds. The molecule has 0 aromatic carbocycles. The lowest BCUT2D eigenvalue weighted by Crippen LogP contribution is -2.44. The minimum absolute atomic E-state index is 0.309. The number of aryl methyl sites for hydroxylation is 1. The maximum atomic E-state index is 5.50. The normalized spacial score (nSPS) is 25.8. The molecule has 88 valence electrons. The number of rotatable bonds is 2. The summed E-state index contributed by atoms with van der Waals surface area (Å²) in [6.07, 6.45) is 3.28. The number of anilines is 1. The predicted octanol–water partition coefficient (Wildman–Crippen LogP) is 1.65. The zero-order valence-electron chi connectivity index (χ0n) is 10.2. The van der Waals surface area contributed by atoms with Crippen LogP contribution in [0.15, 0.2) is 12.3 Å². The first-order valence-corrected chi connectivity index (χ1v) is 5.78. The van der Waals surface area contributed by atoms with Crippen molar-refractivity contribution in [3.05, 3.63) is 18.1 Å². The van der Waals surface area contributed by atoms with Gasteiger partial charge in [0, 0.05) is 26.4 Å². The number of hydrogen-bond acceptors (Lipinski definition) is 4. The standard InChI is InChI=1S/C12H19N3O/c1-9-5-7-15(8-11(9)16-3)12-4-6-13-10(2)14-12/h4,6,9,11H,5,7-8H2,1-3H3. The topological polar surface area (TPSA) is 38.2 Å². The van der Waals surface area contributed by atoms with Crippen LogP contribution in [0.4, 0.5) is 5.82 Å². The fraction of sp³-hybridized carbons (Fsp3) is 0.667. The van der Waals surface area contributed by atoms with Gasteiger partial charge in [-0.15, -0.1) is 0 Å². The van der Waals surface area contributed by atoms with E-state index in [1.165, 1.54) is 0 Å². The number of ether oxygens (including phenoxy) is 1. The lowest BCUT2D eigenvalue weighted by molar-refractivity contribution is 0.0496. The van der Waals surface area contributed by atoms with E-state index < -0.39 is 0 Å². The summed E-state index contributed by atoms with van der Waals surface area (Å²) in [6, 6.07) is 1.97. The minimum atomic E-state index is 0.309. The van der Waals surface area contributed by atoms with Crippen molar-refractivity contribution < 1.29 is 4.74 Å². The van der Waals surface area contributed by atoms with Crippen LogP contribution in [0.3, 0.4) is 0 Å². The van der Waals surface area contributed by atoms with Crippen molar-refractivity contribution >= 4 is 5.82 Å². The van der Waals surface area contributed by atoms with Gasteiger partial charge < -0.3 is 9.64 Å². The zero-order valence-corrected chi connectivity index (χ0v) is 10.2. The van der Waals surface area contributed by atoms with E-state index in [0.29, 0.717) is 12.0 Å². The Morgan fingerprint density at radius 3 is 3.00 bits per heavy atom. The molecule has 0 aliphatic carbocycles. The van der Waals surface area contributed by atoms with Gasteiger partial charge in [-0.1, -0.05) is 6.92 Å². The second-order valence-corrected chi connectivity index (χ2v) is 4.45. The van der Waals surface area contributed by atoms with Crippen molar-refractivity contribution in [2.24, 2.45) is 5.92 Å². The van der Waals surface area contributed by atoms with Gasteiger partial charge in [-0.05, 0) is 25.3 Å². The molecule has 4 heteroatoms. The van der Waals surface area contributed by atoms with Crippen molar-refractivity contribution in [1.29, 1.82) is 0 Å². The average Bonchev–Trinajstić information content (AvgIpc) is 2.29. The first kappa shape index (κ1) is 11.3. The molecule has 1 aliphatic heterocycles. The summed E-state index contributed by atoms with van der Waals surface area (Å²) < 4.78 is 5.50. The molecule has 2 rings (SSSR count). The molecule has 0 saturated carbocycles. The highest BCUT2D eigenvalue weighted by Crippen LogP contribution is 2.23. The second-order valence-electron chi connectivity index (χ2n) is 4.45. The molecule has 2 unspecified atom stereocenters. The molecule has 1 aromatic heterocycles. The maximum Gasteiger partial charge on any atom is 0.132 e. The smallest absolute Gasteiger partial charge is 0.132 e. The quantitative estimate of drug-likeness (QED) is 0.761. The molecule has 1 saturated heterocycles. The van der Waals surface area contributed by atoms with Crippen LogP contribution in [0, 0.1) is 12.8 Å². The van der Waals surface area contributed by atoms with Crippen LogP contribution in [0.2, 0.25) is 0 Å². The average molecular weight is 221 g/mol. The molecule has 0 bridgehead atoms. The van der Waals surface area contributed by atoms with E-state index >= 15 is 0 Å². The van der Waals surface area contributed by atoms with Gasteiger partial charge in [0.05, 0.1) is 6.10 Å². The summed E-state index contributed by atoms with van der Waals surface area (Å²) in [7, 11) is 1.79. The molecule has 0 radical (unpaired) electrons. The maximum absolute atomic E-state index is 5.50. The second kappa shape index (κ2) is 4.78. The first-order valence-electron chi connectivity index (χ1n) is 5.78. The zero-order chi connectivity index (χ0) is 11.5. The van der Waals surface area contributed by atoms with Crippen molar-refractivity contribution in [3.63, 3.8) is 0 Å². The van der Waals surface area contributed by atoms with Crippen LogP contribution in [0.1, 0.15) is 19.2 Å². The fourth-order valence-electron chi connectivity index (χ4n) is 2.17. The van der Waals surface area contributed by atoms with E-state index in [0.717, 1.165) is 31.2 Å². The van der Waals surface area contributed by atoms with Crippen LogP contribution in [0.25, 0.3) is 0 Å². The number of piperidine rings is 1. The van der Waals surface area contributed by atoms with E-state index in [-0.39, 0.29) is 0 Å². The molecular weight excluding hydrogens is 202 g/mol. The molecule has 2 heterocycles. The molecule has 1 aliphatic rings. The van der Waals surface area contributed by atoms with E-state index in [1.807, 2.05) is 19.2 Å². The lowest BCUT2D eigenvalue weighted by atomic mass is 9.96. The van der Waals surface area contributed by atoms with Crippen LogP contribution in [0.5, 0.6) is 0 Å². The largest absolute Gasteiger partial charge is 0.379 e. The highest BCUT2D eigenvalue weighted by atomic mass is 16.5. The number of nitrogens with zero attached hydrogens (tertiary/aromatic N) is 3. The van der Waals surface area contributed by atoms with Crippen LogP contribution in [-0.2, 0) is 4.74 Å². The molecule has 1 fully saturated rings. The summed E-state index contributed by atoms with van der Waals surface area (Å²) in [4.78, 5) is 10.9. The van der Waals surface area contributed by atoms with E-state index in [9.17, 15) is 0 Å². The van der Waals surface area contributed by atoms with Crippen LogP contribution in [-0.4, -0.2) is 36.3 Å². The molecule has 0 spiro atoms. The van der Waals surface area contributed by atoms with Crippen LogP contribution >= 0.6 is 0 Å². The van der Waals surface area contributed by atoms with Gasteiger partial charge in [0.2, 0.25) is 0 Å². The van der Waals surface area contributed by atoms with Crippen molar-refractivity contribution in [1.82, 2.24) is 9.97 Å². The third-order valence-electron chi connectivity index (χ3n) is 3.28. The monoisotopic (exact) mass is 221 g/mol. The highest BCUT2D eigenvalue weighted by Gasteiger charge is 2.26. The van der Waals surface area contributed by atoms with E-state index in [2.05, 4.69) is 21.8 Å². The van der Waals surface area contributed by atoms with Gasteiger partial charge in [0.1, 0.15) is 11.6 Å². The van der Waals surface area contributed by atoms with E-state index in [4.69, 9.17) is 4.74 Å². The van der Waals surface area contributed by atoms with E-state index in [1.54, 1.807) is 7.11 Å². The summed E-state index contributed by atoms with van der Waals surface area (Å²) >= 11 is 0. The number of methoxy groups -OCH3 is 1. The van der Waals surface area contributed by atoms with Gasteiger partial charge in [0.25, 0.3) is 0 Å². The Hall–Kier alpha value is -1.16. The Morgan fingerprint density at radius 2 is 2.31 bits per heavy atom. The third kappa shape index (κ3) is 2.32. The van der Waals surface area contributed by atoms with Crippen molar-refractivity contribution in [2.75, 3.05) is 25.1 Å². The van der Waals surface area contributed by atoms with Gasteiger partial charge in [0.15, 0.2) is 0 Å². The van der Waals surface area contributed by atoms with Crippen molar-refractivity contribution in [3.8, 4) is 0 Å². The molecule has 2 atom stereocenters. The van der Waals surface area contributed by atoms with Crippen LogP contribution < -0.4 is 4.90 Å². The highest BCUT2D eigenvalue weighted by molar-refractivity contribution is 5.38. The SMILES string of the molecule is COC1CN(c2ccnc(C)n2)CCC1C. The summed E-state index contributed by atoms with van der Waals surface area (Å²) in [6.45, 7) is 6.15. The summed E-state index contributed by atoms with van der Waals surface area (Å²) in [5.74, 6) is 2.47. The Labute approximate surface area is 96.7 Å². The lowest BCUT2D eigenvalue weighted by Gasteiger charge is -2.36. The molecule has 0 N–H and O–H groups in total. The Morgan fingerprint density at radius 1 is 1.50 bits per heavy atom. The molecule has 1 aromatic rings. The molecular formula is C12H19N3O. The van der Waals surface area contributed by atoms with Crippen molar-refractivity contribution in [2.45, 2.75) is 26.4 Å². The van der Waals surface area contributed by atoms with Gasteiger partial charge >= 0.3 is 0 Å². The molecule has 4 nitrogen and oxygen atoms in total. The fourth-order valence-corrected chi connectivity index (χ4v) is 2.17.